The largest absolute Gasteiger partial charge is 0.103 e. The molecule has 2 saturated heterocycles. The predicted molar refractivity (Wildman–Crippen MR) is 83.4 cm³/mol. The Morgan fingerprint density at radius 1 is 1.13 bits per heavy atom. The summed E-state index contributed by atoms with van der Waals surface area (Å²) in [5.41, 5.74) is 2.80. The molecule has 3 heteroatoms. The van der Waals surface area contributed by atoms with E-state index in [1.165, 1.54) is 24.2 Å². The van der Waals surface area contributed by atoms with Gasteiger partial charge in [0.2, 0.25) is 0 Å². The third-order valence-electron chi connectivity index (χ3n) is 3.89. The van der Waals surface area contributed by atoms with Gasteiger partial charge in [-0.2, -0.15) is 0 Å². The average Bonchev–Trinajstić information content (AvgIpc) is 2.82. The maximum absolute atomic E-state index is 2.81. The molecular weight excluding hydrogens is 333 g/mol. The molecule has 0 aromatic heterocycles. The van der Waals surface area contributed by atoms with Crippen LogP contribution in [0.25, 0.3) is 0 Å². The summed E-state index contributed by atoms with van der Waals surface area (Å²) in [5, 5.41) is 0. The third-order valence-corrected chi connectivity index (χ3v) is 13.1. The zero-order valence-corrected chi connectivity index (χ0v) is 13.7. The van der Waals surface area contributed by atoms with Gasteiger partial charge in [0.1, 0.15) is 0 Å². The van der Waals surface area contributed by atoms with Crippen molar-refractivity contribution in [2.75, 3.05) is 18.5 Å². The van der Waals surface area contributed by atoms with Gasteiger partial charge in [0.25, 0.3) is 0 Å². The minimum absolute atomic E-state index is 0.405. The Bertz CT molecular complexity index is 198. The van der Waals surface area contributed by atoms with E-state index >= 15 is 0 Å². The van der Waals surface area contributed by atoms with Gasteiger partial charge in [-0.25, -0.2) is 0 Å². The molecule has 0 aromatic rings. The summed E-state index contributed by atoms with van der Waals surface area (Å²) < 4.78 is 0. The lowest BCUT2D eigenvalue weighted by molar-refractivity contribution is 0.695. The van der Waals surface area contributed by atoms with Gasteiger partial charge in [0.05, 0.1) is 0 Å². The van der Waals surface area contributed by atoms with Crippen molar-refractivity contribution in [2.45, 2.75) is 56.8 Å². The van der Waals surface area contributed by atoms with Crippen molar-refractivity contribution in [1.82, 2.24) is 0 Å². The second-order valence-corrected chi connectivity index (χ2v) is 13.3. The molecule has 88 valence electrons. The van der Waals surface area contributed by atoms with Crippen molar-refractivity contribution in [3.05, 3.63) is 0 Å². The van der Waals surface area contributed by atoms with E-state index < -0.39 is 0 Å². The molecular formula is C12H23IP2. The van der Waals surface area contributed by atoms with Crippen LogP contribution in [0, 0.1) is 0 Å². The molecule has 4 atom stereocenters. The SMILES string of the molecule is CCCCP1CCC[C@H]1[C@@H]1CCCP1I. The fraction of sp³-hybridized carbons (Fsp3) is 1.00. The Kier molecular flexibility index (Phi) is 5.65. The van der Waals surface area contributed by atoms with Crippen LogP contribution in [0.1, 0.15) is 45.4 Å². The highest BCUT2D eigenvalue weighted by atomic mass is 127. The van der Waals surface area contributed by atoms with Crippen LogP contribution >= 0.6 is 35.5 Å². The summed E-state index contributed by atoms with van der Waals surface area (Å²) >= 11 is 2.81. The van der Waals surface area contributed by atoms with Crippen molar-refractivity contribution < 1.29 is 0 Å². The first kappa shape index (κ1) is 13.0. The molecule has 0 nitrogen and oxygen atoms in total. The molecule has 0 bridgehead atoms. The predicted octanol–water partition coefficient (Wildman–Crippen LogP) is 5.43. The Hall–Kier alpha value is 1.59. The Morgan fingerprint density at radius 3 is 2.53 bits per heavy atom. The lowest BCUT2D eigenvalue weighted by atomic mass is 10.1. The zero-order valence-electron chi connectivity index (χ0n) is 9.79. The molecule has 0 saturated carbocycles. The van der Waals surface area contributed by atoms with E-state index in [2.05, 4.69) is 29.0 Å². The van der Waals surface area contributed by atoms with E-state index in [-0.39, 0.29) is 0 Å². The number of halogens is 1. The standard InChI is InChI=1S/C12H23IP2/c1-2-3-8-14-9-4-6-11(14)12-7-5-10-15(12)13/h11-12H,2-10H2,1H3/t11-,12-,14?,15?/m0/s1. The minimum Gasteiger partial charge on any atom is -0.103 e. The quantitative estimate of drug-likeness (QED) is 0.466. The minimum atomic E-state index is 0.405. The highest BCUT2D eigenvalue weighted by Crippen LogP contribution is 2.65. The molecule has 2 rings (SSSR count). The van der Waals surface area contributed by atoms with Gasteiger partial charge in [-0.05, 0) is 67.5 Å². The summed E-state index contributed by atoms with van der Waals surface area (Å²) in [7, 11) is 0.459. The number of rotatable bonds is 4. The molecule has 15 heavy (non-hydrogen) atoms. The summed E-state index contributed by atoms with van der Waals surface area (Å²) in [6.45, 7) is 2.35. The van der Waals surface area contributed by atoms with E-state index in [9.17, 15) is 0 Å². The van der Waals surface area contributed by atoms with Gasteiger partial charge in [-0.3, -0.25) is 0 Å². The normalized spacial score (nSPS) is 41.2. The van der Waals surface area contributed by atoms with Crippen LogP contribution in [-0.4, -0.2) is 29.8 Å². The Labute approximate surface area is 110 Å². The number of hydrogen-bond donors (Lipinski definition) is 0. The first-order chi connectivity index (χ1) is 7.33. The molecule has 0 aromatic carbocycles. The van der Waals surface area contributed by atoms with Crippen LogP contribution in [0.4, 0.5) is 0 Å². The van der Waals surface area contributed by atoms with Crippen molar-refractivity contribution in [3.63, 3.8) is 0 Å². The van der Waals surface area contributed by atoms with Gasteiger partial charge in [-0.1, -0.05) is 35.4 Å². The molecule has 0 radical (unpaired) electrons. The second kappa shape index (κ2) is 6.50. The van der Waals surface area contributed by atoms with E-state index in [1.807, 2.05) is 0 Å². The molecule has 0 N–H and O–H groups in total. The maximum Gasteiger partial charge on any atom is -0.00509 e. The lowest BCUT2D eigenvalue weighted by Crippen LogP contribution is -2.17. The van der Waals surface area contributed by atoms with E-state index in [0.29, 0.717) is 13.5 Å². The van der Waals surface area contributed by atoms with Gasteiger partial charge in [0.15, 0.2) is 0 Å². The summed E-state index contributed by atoms with van der Waals surface area (Å²) in [4.78, 5) is 0. The van der Waals surface area contributed by atoms with Crippen LogP contribution in [0.15, 0.2) is 0 Å². The van der Waals surface area contributed by atoms with Crippen molar-refractivity contribution in [3.8, 4) is 0 Å². The van der Waals surface area contributed by atoms with E-state index in [4.69, 9.17) is 0 Å². The van der Waals surface area contributed by atoms with Gasteiger partial charge in [0, 0.05) is 0 Å². The van der Waals surface area contributed by atoms with Crippen LogP contribution in [0.5, 0.6) is 0 Å². The summed E-state index contributed by atoms with van der Waals surface area (Å²) in [5.74, 6) is 0. The highest BCUT2D eigenvalue weighted by Gasteiger charge is 2.38. The monoisotopic (exact) mass is 356 g/mol. The molecule has 2 heterocycles. The highest BCUT2D eigenvalue weighted by molar-refractivity contribution is 14.2. The van der Waals surface area contributed by atoms with E-state index in [1.54, 1.807) is 44.2 Å². The Balaban J connectivity index is 1.89. The van der Waals surface area contributed by atoms with Crippen molar-refractivity contribution >= 4 is 35.5 Å². The fourth-order valence-electron chi connectivity index (χ4n) is 3.06. The second-order valence-electron chi connectivity index (χ2n) is 4.93. The van der Waals surface area contributed by atoms with Gasteiger partial charge in [-0.15, -0.1) is 7.92 Å². The Morgan fingerprint density at radius 2 is 1.87 bits per heavy atom. The van der Waals surface area contributed by atoms with Crippen molar-refractivity contribution in [2.24, 2.45) is 0 Å². The zero-order chi connectivity index (χ0) is 10.7. The first-order valence-electron chi connectivity index (χ1n) is 6.49. The average molecular weight is 356 g/mol. The maximum atomic E-state index is 2.81. The summed E-state index contributed by atoms with van der Waals surface area (Å²) in [6.07, 6.45) is 14.0. The smallest absolute Gasteiger partial charge is 0.00509 e. The van der Waals surface area contributed by atoms with Crippen LogP contribution < -0.4 is 0 Å². The number of unbranched alkanes of at least 4 members (excludes halogenated alkanes) is 1. The molecule has 2 unspecified atom stereocenters. The topological polar surface area (TPSA) is 0 Å². The third kappa shape index (κ3) is 3.29. The molecule has 2 aliphatic heterocycles. The first-order valence-corrected chi connectivity index (χ1v) is 12.7. The lowest BCUT2D eigenvalue weighted by Gasteiger charge is -2.28. The molecule has 2 aliphatic rings. The fourth-order valence-corrected chi connectivity index (χ4v) is 13.1. The van der Waals surface area contributed by atoms with Crippen molar-refractivity contribution in [1.29, 1.82) is 0 Å². The molecule has 0 aliphatic carbocycles. The number of hydrogen-bond acceptors (Lipinski definition) is 0. The molecule has 0 amide bonds. The molecule has 2 fully saturated rings. The van der Waals surface area contributed by atoms with Crippen LogP contribution in [0.2, 0.25) is 0 Å². The van der Waals surface area contributed by atoms with Gasteiger partial charge >= 0.3 is 0 Å². The van der Waals surface area contributed by atoms with Crippen LogP contribution in [0.3, 0.4) is 0 Å². The summed E-state index contributed by atoms with van der Waals surface area (Å²) in [6, 6.07) is 0. The van der Waals surface area contributed by atoms with E-state index in [0.717, 1.165) is 0 Å². The van der Waals surface area contributed by atoms with Crippen LogP contribution in [-0.2, 0) is 0 Å². The van der Waals surface area contributed by atoms with Gasteiger partial charge < -0.3 is 0 Å². The molecule has 0 spiro atoms.